The molecule has 0 radical (unpaired) electrons. The molecule has 5 rings (SSSR count). The molecule has 2 atom stereocenters. The van der Waals surface area contributed by atoms with E-state index in [0.717, 1.165) is 43.0 Å². The van der Waals surface area contributed by atoms with Gasteiger partial charge in [0.1, 0.15) is 35.3 Å². The summed E-state index contributed by atoms with van der Waals surface area (Å²) in [6, 6.07) is 3.74. The molecule has 0 bridgehead atoms. The van der Waals surface area contributed by atoms with Gasteiger partial charge in [0.25, 0.3) is 0 Å². The van der Waals surface area contributed by atoms with E-state index in [0.29, 0.717) is 24.7 Å². The molecule has 0 aromatic carbocycles. The third-order valence-corrected chi connectivity index (χ3v) is 7.25. The molecule has 4 heterocycles. The zero-order valence-electron chi connectivity index (χ0n) is 21.0. The van der Waals surface area contributed by atoms with E-state index >= 15 is 0 Å². The zero-order chi connectivity index (χ0) is 25.0. The Morgan fingerprint density at radius 2 is 1.89 bits per heavy atom. The van der Waals surface area contributed by atoms with E-state index in [-0.39, 0.29) is 23.6 Å². The molecule has 0 N–H and O–H groups in total. The highest BCUT2D eigenvalue weighted by Gasteiger charge is 2.52. The lowest BCUT2D eigenvalue weighted by molar-refractivity contribution is 0.0129. The molecule has 10 nitrogen and oxygen atoms in total. The number of carbonyl (C=O) groups is 1. The summed E-state index contributed by atoms with van der Waals surface area (Å²) in [4.78, 5) is 37.3. The van der Waals surface area contributed by atoms with Crippen molar-refractivity contribution in [1.82, 2.24) is 24.8 Å². The van der Waals surface area contributed by atoms with Crippen molar-refractivity contribution >= 4 is 23.7 Å². The van der Waals surface area contributed by atoms with E-state index in [1.54, 1.807) is 18.6 Å². The zero-order valence-corrected chi connectivity index (χ0v) is 21.0. The summed E-state index contributed by atoms with van der Waals surface area (Å²) in [5, 5.41) is 9.32. The third kappa shape index (κ3) is 4.03. The van der Waals surface area contributed by atoms with E-state index in [1.165, 1.54) is 0 Å². The second-order valence-electron chi connectivity index (χ2n) is 11.0. The van der Waals surface area contributed by atoms with Crippen LogP contribution in [-0.4, -0.2) is 68.2 Å². The lowest BCUT2D eigenvalue weighted by Gasteiger charge is -2.46. The first kappa shape index (κ1) is 23.3. The Hall–Kier alpha value is -3.48. The number of rotatable bonds is 2. The second kappa shape index (κ2) is 8.33. The number of nitriles is 1. The Labute approximate surface area is 206 Å². The van der Waals surface area contributed by atoms with Crippen LogP contribution >= 0.6 is 0 Å². The largest absolute Gasteiger partial charge is 0.444 e. The highest BCUT2D eigenvalue weighted by Crippen LogP contribution is 2.56. The fourth-order valence-corrected chi connectivity index (χ4v) is 5.44. The SMILES string of the molecule is C[C@@H]1CN(c2ncnc3c2C2(CCC2)CN3c2nccc(C#N)n2)[C@@H](C)CN1C(=O)OC(C)(C)C. The Balaban J connectivity index is 1.48. The van der Waals surface area contributed by atoms with Gasteiger partial charge in [-0.05, 0) is 53.5 Å². The fraction of sp³-hybridized carbons (Fsp3) is 0.600. The van der Waals surface area contributed by atoms with Crippen molar-refractivity contribution in [2.24, 2.45) is 0 Å². The van der Waals surface area contributed by atoms with E-state index in [2.05, 4.69) is 39.8 Å². The topological polar surface area (TPSA) is 111 Å². The fourth-order valence-electron chi connectivity index (χ4n) is 5.44. The summed E-state index contributed by atoms with van der Waals surface area (Å²) in [6.07, 6.45) is 6.20. The molecule has 1 saturated heterocycles. The van der Waals surface area contributed by atoms with Crippen LogP contribution in [0.5, 0.6) is 0 Å². The minimum atomic E-state index is -0.532. The number of anilines is 3. The number of hydrogen-bond acceptors (Lipinski definition) is 9. The highest BCUT2D eigenvalue weighted by atomic mass is 16.6. The molecule has 1 saturated carbocycles. The lowest BCUT2D eigenvalue weighted by atomic mass is 9.66. The molecule has 1 amide bonds. The standard InChI is InChI=1S/C25H32N8O2/c1-16-13-32(23(34)35-24(3,4)5)17(2)12-31(16)20-19-21(29-15-28-20)33(14-25(19)8-6-9-25)22-27-10-7-18(11-26)30-22/h7,10,15-17H,6,8-9,12-14H2,1-5H3/t16-,17+/m0/s1. The minimum absolute atomic E-state index is 0.0304. The van der Waals surface area contributed by atoms with Crippen LogP contribution < -0.4 is 9.80 Å². The molecule has 0 unspecified atom stereocenters. The average Bonchev–Trinajstić information content (AvgIpc) is 3.16. The molecule has 184 valence electrons. The van der Waals surface area contributed by atoms with Crippen LogP contribution in [-0.2, 0) is 10.2 Å². The van der Waals surface area contributed by atoms with Crippen LogP contribution in [0.3, 0.4) is 0 Å². The van der Waals surface area contributed by atoms with E-state index < -0.39 is 5.60 Å². The van der Waals surface area contributed by atoms with Gasteiger partial charge in [0.15, 0.2) is 0 Å². The number of piperazine rings is 1. The molecule has 2 fully saturated rings. The number of fused-ring (bicyclic) bond motifs is 2. The third-order valence-electron chi connectivity index (χ3n) is 7.25. The minimum Gasteiger partial charge on any atom is -0.444 e. The number of carbonyl (C=O) groups excluding carboxylic acids is 1. The first-order valence-corrected chi connectivity index (χ1v) is 12.2. The van der Waals surface area contributed by atoms with E-state index in [1.807, 2.05) is 30.6 Å². The van der Waals surface area contributed by atoms with Crippen molar-refractivity contribution < 1.29 is 9.53 Å². The molecular weight excluding hydrogens is 444 g/mol. The van der Waals surface area contributed by atoms with Gasteiger partial charge in [0.2, 0.25) is 5.95 Å². The van der Waals surface area contributed by atoms with E-state index in [4.69, 9.17) is 9.72 Å². The molecular formula is C25H32N8O2. The number of aromatic nitrogens is 4. The first-order chi connectivity index (χ1) is 16.6. The van der Waals surface area contributed by atoms with Gasteiger partial charge in [-0.25, -0.2) is 24.7 Å². The molecule has 10 heteroatoms. The molecule has 35 heavy (non-hydrogen) atoms. The number of nitrogens with zero attached hydrogens (tertiary/aromatic N) is 8. The smallest absolute Gasteiger partial charge is 0.410 e. The maximum atomic E-state index is 12.8. The summed E-state index contributed by atoms with van der Waals surface area (Å²) >= 11 is 0. The van der Waals surface area contributed by atoms with Gasteiger partial charge < -0.3 is 14.5 Å². The van der Waals surface area contributed by atoms with Gasteiger partial charge in [-0.3, -0.25) is 4.90 Å². The van der Waals surface area contributed by atoms with Crippen molar-refractivity contribution in [3.8, 4) is 6.07 Å². The van der Waals surface area contributed by atoms with Gasteiger partial charge >= 0.3 is 6.09 Å². The van der Waals surface area contributed by atoms with Crippen molar-refractivity contribution in [3.63, 3.8) is 0 Å². The molecule has 1 aliphatic carbocycles. The maximum absolute atomic E-state index is 12.8. The summed E-state index contributed by atoms with van der Waals surface area (Å²) in [7, 11) is 0. The lowest BCUT2D eigenvalue weighted by Crippen LogP contribution is -2.59. The molecule has 1 spiro atoms. The monoisotopic (exact) mass is 476 g/mol. The van der Waals surface area contributed by atoms with Crippen molar-refractivity contribution in [3.05, 3.63) is 29.8 Å². The Kier molecular flexibility index (Phi) is 5.54. The van der Waals surface area contributed by atoms with Crippen LogP contribution in [0.25, 0.3) is 0 Å². The molecule has 2 aromatic rings. The van der Waals surface area contributed by atoms with Crippen LogP contribution in [0.4, 0.5) is 22.4 Å². The summed E-state index contributed by atoms with van der Waals surface area (Å²) in [6.45, 7) is 11.8. The number of ether oxygens (including phenoxy) is 1. The first-order valence-electron chi connectivity index (χ1n) is 12.2. The Bertz CT molecular complexity index is 1180. The van der Waals surface area contributed by atoms with Crippen LogP contribution in [0.15, 0.2) is 18.6 Å². The predicted octanol–water partition coefficient (Wildman–Crippen LogP) is 3.55. The maximum Gasteiger partial charge on any atom is 0.410 e. The highest BCUT2D eigenvalue weighted by molar-refractivity contribution is 5.74. The van der Waals surface area contributed by atoms with Gasteiger partial charge in [-0.15, -0.1) is 0 Å². The Morgan fingerprint density at radius 1 is 1.14 bits per heavy atom. The van der Waals surface area contributed by atoms with Crippen molar-refractivity contribution in [2.45, 2.75) is 77.0 Å². The molecule has 2 aliphatic heterocycles. The number of hydrogen-bond donors (Lipinski definition) is 0. The quantitative estimate of drug-likeness (QED) is 0.642. The van der Waals surface area contributed by atoms with Crippen LogP contribution in [0.2, 0.25) is 0 Å². The second-order valence-corrected chi connectivity index (χ2v) is 11.0. The van der Waals surface area contributed by atoms with Gasteiger partial charge in [-0.2, -0.15) is 5.26 Å². The molecule has 2 aromatic heterocycles. The van der Waals surface area contributed by atoms with Gasteiger partial charge in [0.05, 0.1) is 0 Å². The summed E-state index contributed by atoms with van der Waals surface area (Å²) in [5.41, 5.74) is 0.891. The van der Waals surface area contributed by atoms with Gasteiger partial charge in [-0.1, -0.05) is 6.42 Å². The number of amides is 1. The predicted molar refractivity (Wildman–Crippen MR) is 131 cm³/mol. The Morgan fingerprint density at radius 3 is 2.54 bits per heavy atom. The van der Waals surface area contributed by atoms with Crippen molar-refractivity contribution in [1.29, 1.82) is 5.26 Å². The summed E-state index contributed by atoms with van der Waals surface area (Å²) in [5.74, 6) is 2.24. The average molecular weight is 477 g/mol. The van der Waals surface area contributed by atoms with E-state index in [9.17, 15) is 10.1 Å². The van der Waals surface area contributed by atoms with Crippen LogP contribution in [0.1, 0.15) is 65.1 Å². The van der Waals surface area contributed by atoms with Crippen LogP contribution in [0, 0.1) is 11.3 Å². The van der Waals surface area contributed by atoms with Gasteiger partial charge in [0, 0.05) is 48.9 Å². The summed E-state index contributed by atoms with van der Waals surface area (Å²) < 4.78 is 5.65. The molecule has 3 aliphatic rings. The van der Waals surface area contributed by atoms with Crippen molar-refractivity contribution in [2.75, 3.05) is 29.4 Å². The normalized spacial score (nSPS) is 23.0.